The van der Waals surface area contributed by atoms with Crippen LogP contribution in [0.3, 0.4) is 0 Å². The van der Waals surface area contributed by atoms with Gasteiger partial charge >= 0.3 is 6.61 Å². The van der Waals surface area contributed by atoms with Crippen LogP contribution in [0.25, 0.3) is 0 Å². The molecular formula is C17H25BrF2N2O2. The van der Waals surface area contributed by atoms with Crippen LogP contribution in [0.5, 0.6) is 11.5 Å². The zero-order chi connectivity index (χ0) is 17.5. The summed E-state index contributed by atoms with van der Waals surface area (Å²) in [5.74, 6) is 0.322. The molecule has 1 fully saturated rings. The summed E-state index contributed by atoms with van der Waals surface area (Å²) >= 11 is 3.28. The van der Waals surface area contributed by atoms with E-state index in [1.807, 2.05) is 0 Å². The first-order chi connectivity index (χ1) is 11.5. The second kappa shape index (κ2) is 9.53. The summed E-state index contributed by atoms with van der Waals surface area (Å²) in [7, 11) is 1.44. The Morgan fingerprint density at radius 3 is 2.58 bits per heavy atom. The molecule has 1 aliphatic heterocycles. The molecule has 7 heteroatoms. The van der Waals surface area contributed by atoms with Crippen LogP contribution in [0.4, 0.5) is 8.78 Å². The molecule has 1 aromatic carbocycles. The average Bonchev–Trinajstić information content (AvgIpc) is 2.55. The molecule has 0 aliphatic carbocycles. The molecule has 1 heterocycles. The number of hydrogen-bond donors (Lipinski definition) is 1. The summed E-state index contributed by atoms with van der Waals surface area (Å²) in [6.45, 7) is 3.28. The number of halogens is 3. The SMILES string of the molecule is COc1cc(CNC(C)CN2CCCCC2)cc(Br)c1OC(F)F. The van der Waals surface area contributed by atoms with Crippen molar-refractivity contribution in [2.24, 2.45) is 0 Å². The number of methoxy groups -OCH3 is 1. The Morgan fingerprint density at radius 2 is 1.96 bits per heavy atom. The standard InChI is InChI=1S/C17H25BrF2N2O2/c1-12(11-22-6-4-3-5-7-22)21-10-13-8-14(18)16(24-17(19)20)15(9-13)23-2/h8-9,12,17,21H,3-7,10-11H2,1-2H3. The largest absolute Gasteiger partial charge is 0.493 e. The van der Waals surface area contributed by atoms with Crippen molar-refractivity contribution in [2.75, 3.05) is 26.7 Å². The molecule has 1 N–H and O–H groups in total. The minimum Gasteiger partial charge on any atom is -0.493 e. The summed E-state index contributed by atoms with van der Waals surface area (Å²) in [6, 6.07) is 3.86. The van der Waals surface area contributed by atoms with Crippen LogP contribution in [-0.4, -0.2) is 44.3 Å². The lowest BCUT2D eigenvalue weighted by molar-refractivity contribution is -0.0517. The van der Waals surface area contributed by atoms with Crippen LogP contribution in [0.15, 0.2) is 16.6 Å². The van der Waals surface area contributed by atoms with Gasteiger partial charge in [0.1, 0.15) is 0 Å². The number of rotatable bonds is 8. The monoisotopic (exact) mass is 406 g/mol. The van der Waals surface area contributed by atoms with Crippen LogP contribution < -0.4 is 14.8 Å². The molecule has 2 rings (SSSR count). The molecule has 4 nitrogen and oxygen atoms in total. The maximum Gasteiger partial charge on any atom is 0.387 e. The molecule has 1 saturated heterocycles. The van der Waals surface area contributed by atoms with E-state index in [1.165, 1.54) is 39.5 Å². The fraction of sp³-hybridized carbons (Fsp3) is 0.647. The minimum absolute atomic E-state index is 0.0256. The fourth-order valence-electron chi connectivity index (χ4n) is 2.96. The van der Waals surface area contributed by atoms with Crippen molar-refractivity contribution in [3.8, 4) is 11.5 Å². The highest BCUT2D eigenvalue weighted by atomic mass is 79.9. The van der Waals surface area contributed by atoms with E-state index < -0.39 is 6.61 Å². The normalized spacial score (nSPS) is 17.1. The van der Waals surface area contributed by atoms with Gasteiger partial charge in [0.05, 0.1) is 11.6 Å². The van der Waals surface area contributed by atoms with Crippen molar-refractivity contribution >= 4 is 15.9 Å². The van der Waals surface area contributed by atoms with Gasteiger partial charge in [0.15, 0.2) is 11.5 Å². The van der Waals surface area contributed by atoms with E-state index in [1.54, 1.807) is 12.1 Å². The molecule has 0 amide bonds. The van der Waals surface area contributed by atoms with E-state index in [2.05, 4.69) is 37.8 Å². The Hall–Kier alpha value is -0.920. The summed E-state index contributed by atoms with van der Waals surface area (Å²) in [5.41, 5.74) is 0.950. The van der Waals surface area contributed by atoms with Gasteiger partial charge in [-0.05, 0) is 66.5 Å². The summed E-state index contributed by atoms with van der Waals surface area (Å²) < 4.78 is 35.1. The van der Waals surface area contributed by atoms with Gasteiger partial charge in [0, 0.05) is 19.1 Å². The predicted octanol–water partition coefficient (Wildman–Crippen LogP) is 4.02. The quantitative estimate of drug-likeness (QED) is 0.706. The molecule has 0 aromatic heterocycles. The van der Waals surface area contributed by atoms with E-state index in [0.717, 1.165) is 12.1 Å². The molecule has 24 heavy (non-hydrogen) atoms. The number of ether oxygens (including phenoxy) is 2. The Bertz CT molecular complexity index is 526. The molecule has 1 aromatic rings. The first-order valence-electron chi connectivity index (χ1n) is 8.26. The van der Waals surface area contributed by atoms with Gasteiger partial charge in [0.25, 0.3) is 0 Å². The van der Waals surface area contributed by atoms with Gasteiger partial charge in [-0.25, -0.2) is 0 Å². The van der Waals surface area contributed by atoms with Crippen molar-refractivity contribution in [1.29, 1.82) is 0 Å². The van der Waals surface area contributed by atoms with Crippen LogP contribution >= 0.6 is 15.9 Å². The van der Waals surface area contributed by atoms with Crippen molar-refractivity contribution in [2.45, 2.75) is 45.4 Å². The number of nitrogens with one attached hydrogen (secondary N) is 1. The van der Waals surface area contributed by atoms with Gasteiger partial charge in [-0.3, -0.25) is 0 Å². The molecule has 0 saturated carbocycles. The average molecular weight is 407 g/mol. The van der Waals surface area contributed by atoms with Gasteiger partial charge in [-0.15, -0.1) is 0 Å². The lowest BCUT2D eigenvalue weighted by Crippen LogP contribution is -2.41. The highest BCUT2D eigenvalue weighted by molar-refractivity contribution is 9.10. The molecule has 1 unspecified atom stereocenters. The van der Waals surface area contributed by atoms with Crippen molar-refractivity contribution < 1.29 is 18.3 Å². The molecule has 1 atom stereocenters. The summed E-state index contributed by atoms with van der Waals surface area (Å²) in [4.78, 5) is 2.48. The van der Waals surface area contributed by atoms with Crippen molar-refractivity contribution in [1.82, 2.24) is 10.2 Å². The van der Waals surface area contributed by atoms with E-state index >= 15 is 0 Å². The zero-order valence-electron chi connectivity index (χ0n) is 14.2. The van der Waals surface area contributed by atoms with E-state index in [4.69, 9.17) is 4.74 Å². The lowest BCUT2D eigenvalue weighted by atomic mass is 10.1. The van der Waals surface area contributed by atoms with Crippen LogP contribution in [0.2, 0.25) is 0 Å². The third-order valence-electron chi connectivity index (χ3n) is 4.13. The Labute approximate surface area is 150 Å². The Morgan fingerprint density at radius 1 is 1.25 bits per heavy atom. The maximum atomic E-state index is 12.5. The Balaban J connectivity index is 1.92. The van der Waals surface area contributed by atoms with Crippen molar-refractivity contribution in [3.63, 3.8) is 0 Å². The van der Waals surface area contributed by atoms with Gasteiger partial charge in [0.2, 0.25) is 0 Å². The lowest BCUT2D eigenvalue weighted by Gasteiger charge is -2.29. The molecule has 0 radical (unpaired) electrons. The van der Waals surface area contributed by atoms with Gasteiger partial charge in [-0.2, -0.15) is 8.78 Å². The first kappa shape index (κ1) is 19.4. The molecular weight excluding hydrogens is 382 g/mol. The minimum atomic E-state index is -2.89. The van der Waals surface area contributed by atoms with E-state index in [-0.39, 0.29) is 5.75 Å². The number of piperidine rings is 1. The number of hydrogen-bond acceptors (Lipinski definition) is 4. The second-order valence-electron chi connectivity index (χ2n) is 6.13. The van der Waals surface area contributed by atoms with Crippen molar-refractivity contribution in [3.05, 3.63) is 22.2 Å². The first-order valence-corrected chi connectivity index (χ1v) is 9.06. The van der Waals surface area contributed by atoms with Crippen LogP contribution in [0.1, 0.15) is 31.7 Å². The highest BCUT2D eigenvalue weighted by Crippen LogP contribution is 2.37. The maximum absolute atomic E-state index is 12.5. The van der Waals surface area contributed by atoms with Gasteiger partial charge in [-0.1, -0.05) is 6.42 Å². The van der Waals surface area contributed by atoms with Crippen LogP contribution in [-0.2, 0) is 6.54 Å². The Kier molecular flexibility index (Phi) is 7.71. The number of alkyl halides is 2. The van der Waals surface area contributed by atoms with E-state index in [9.17, 15) is 8.78 Å². The fourth-order valence-corrected chi connectivity index (χ4v) is 3.55. The number of likely N-dealkylation sites (tertiary alicyclic amines) is 1. The topological polar surface area (TPSA) is 33.7 Å². The molecule has 0 spiro atoms. The summed E-state index contributed by atoms with van der Waals surface area (Å²) in [5, 5.41) is 3.48. The number of benzene rings is 1. The third-order valence-corrected chi connectivity index (χ3v) is 4.72. The molecule has 1 aliphatic rings. The number of nitrogens with zero attached hydrogens (tertiary/aromatic N) is 1. The second-order valence-corrected chi connectivity index (χ2v) is 6.99. The molecule has 136 valence electrons. The predicted molar refractivity (Wildman–Crippen MR) is 93.9 cm³/mol. The van der Waals surface area contributed by atoms with Gasteiger partial charge < -0.3 is 19.7 Å². The summed E-state index contributed by atoms with van der Waals surface area (Å²) in [6.07, 6.45) is 3.89. The van der Waals surface area contributed by atoms with E-state index in [0.29, 0.717) is 22.8 Å². The smallest absolute Gasteiger partial charge is 0.387 e. The zero-order valence-corrected chi connectivity index (χ0v) is 15.7. The third kappa shape index (κ3) is 5.86. The highest BCUT2D eigenvalue weighted by Gasteiger charge is 2.17. The molecule has 0 bridgehead atoms. The van der Waals surface area contributed by atoms with Crippen LogP contribution in [0, 0.1) is 0 Å².